The van der Waals surface area contributed by atoms with E-state index in [-0.39, 0.29) is 17.5 Å². The molecular formula is C14H21FN2O2S. The molecule has 0 aromatic heterocycles. The molecule has 1 aliphatic rings. The highest BCUT2D eigenvalue weighted by atomic mass is 32.2. The van der Waals surface area contributed by atoms with Gasteiger partial charge in [-0.05, 0) is 30.5 Å². The van der Waals surface area contributed by atoms with E-state index in [9.17, 15) is 12.8 Å². The van der Waals surface area contributed by atoms with Gasteiger partial charge in [0, 0.05) is 19.6 Å². The van der Waals surface area contributed by atoms with Crippen molar-refractivity contribution in [1.82, 2.24) is 4.31 Å². The van der Waals surface area contributed by atoms with Gasteiger partial charge in [-0.25, -0.2) is 12.8 Å². The Hall–Kier alpha value is -0.980. The lowest BCUT2D eigenvalue weighted by atomic mass is 9.96. The number of hydrogen-bond donors (Lipinski definition) is 1. The molecule has 2 rings (SSSR count). The number of hydrogen-bond acceptors (Lipinski definition) is 3. The minimum absolute atomic E-state index is 0.0256. The van der Waals surface area contributed by atoms with Gasteiger partial charge in [-0.15, -0.1) is 0 Å². The first-order chi connectivity index (χ1) is 9.46. The molecule has 6 heteroatoms. The van der Waals surface area contributed by atoms with Crippen molar-refractivity contribution in [3.8, 4) is 0 Å². The molecule has 1 fully saturated rings. The van der Waals surface area contributed by atoms with E-state index >= 15 is 0 Å². The standard InChI is InChI=1S/C14H21FN2O2S/c1-17(12-5-3-2-4-6-12)20(18,19)14-8-7-11(10-16)9-13(14)15/h7-9,12H,2-6,10,16H2,1H3. The lowest BCUT2D eigenvalue weighted by molar-refractivity contribution is 0.285. The minimum Gasteiger partial charge on any atom is -0.326 e. The maximum absolute atomic E-state index is 14.0. The molecule has 1 aromatic rings. The summed E-state index contributed by atoms with van der Waals surface area (Å²) in [5, 5.41) is 0. The van der Waals surface area contributed by atoms with Crippen LogP contribution in [0.1, 0.15) is 37.7 Å². The largest absolute Gasteiger partial charge is 0.326 e. The quantitative estimate of drug-likeness (QED) is 0.927. The van der Waals surface area contributed by atoms with Crippen molar-refractivity contribution in [1.29, 1.82) is 0 Å². The van der Waals surface area contributed by atoms with Crippen LogP contribution in [-0.2, 0) is 16.6 Å². The maximum atomic E-state index is 14.0. The molecule has 112 valence electrons. The van der Waals surface area contributed by atoms with Gasteiger partial charge in [-0.2, -0.15) is 4.31 Å². The highest BCUT2D eigenvalue weighted by Gasteiger charge is 2.30. The van der Waals surface area contributed by atoms with E-state index in [4.69, 9.17) is 5.73 Å². The van der Waals surface area contributed by atoms with E-state index in [0.29, 0.717) is 5.56 Å². The molecule has 20 heavy (non-hydrogen) atoms. The number of benzene rings is 1. The lowest BCUT2D eigenvalue weighted by Crippen LogP contribution is -2.38. The van der Waals surface area contributed by atoms with Crippen LogP contribution in [0.4, 0.5) is 4.39 Å². The summed E-state index contributed by atoms with van der Waals surface area (Å²) in [4.78, 5) is -0.261. The fourth-order valence-electron chi connectivity index (χ4n) is 2.68. The first-order valence-electron chi connectivity index (χ1n) is 6.93. The van der Waals surface area contributed by atoms with Crippen LogP contribution in [0.3, 0.4) is 0 Å². The summed E-state index contributed by atoms with van der Waals surface area (Å²) >= 11 is 0. The molecule has 0 unspecified atom stereocenters. The third kappa shape index (κ3) is 3.02. The molecule has 4 nitrogen and oxygen atoms in total. The average molecular weight is 300 g/mol. The zero-order chi connectivity index (χ0) is 14.8. The van der Waals surface area contributed by atoms with Crippen molar-refractivity contribution < 1.29 is 12.8 Å². The minimum atomic E-state index is -3.78. The van der Waals surface area contributed by atoms with Gasteiger partial charge in [0.2, 0.25) is 10.0 Å². The van der Waals surface area contributed by atoms with Crippen molar-refractivity contribution in [2.24, 2.45) is 5.73 Å². The number of nitrogens with zero attached hydrogens (tertiary/aromatic N) is 1. The number of halogens is 1. The number of sulfonamides is 1. The van der Waals surface area contributed by atoms with Crippen LogP contribution in [-0.4, -0.2) is 25.8 Å². The van der Waals surface area contributed by atoms with Crippen LogP contribution in [0.5, 0.6) is 0 Å². The van der Waals surface area contributed by atoms with Crippen LogP contribution in [0.2, 0.25) is 0 Å². The van der Waals surface area contributed by atoms with Crippen molar-refractivity contribution >= 4 is 10.0 Å². The molecule has 0 amide bonds. The second-order valence-electron chi connectivity index (χ2n) is 5.28. The van der Waals surface area contributed by atoms with Gasteiger partial charge in [-0.3, -0.25) is 0 Å². The predicted octanol–water partition coefficient (Wildman–Crippen LogP) is 2.24. The molecule has 1 aromatic carbocycles. The van der Waals surface area contributed by atoms with Crippen LogP contribution in [0.15, 0.2) is 23.1 Å². The summed E-state index contributed by atoms with van der Waals surface area (Å²) < 4.78 is 40.3. The molecular weight excluding hydrogens is 279 g/mol. The Kier molecular flexibility index (Phi) is 4.78. The molecule has 1 aliphatic carbocycles. The first-order valence-corrected chi connectivity index (χ1v) is 8.37. The molecule has 0 radical (unpaired) electrons. The van der Waals surface area contributed by atoms with Crippen LogP contribution < -0.4 is 5.73 Å². The molecule has 0 spiro atoms. The van der Waals surface area contributed by atoms with E-state index in [2.05, 4.69) is 0 Å². The normalized spacial score (nSPS) is 17.6. The van der Waals surface area contributed by atoms with Crippen LogP contribution >= 0.6 is 0 Å². The van der Waals surface area contributed by atoms with E-state index in [1.807, 2.05) is 0 Å². The van der Waals surface area contributed by atoms with E-state index in [1.54, 1.807) is 13.1 Å². The van der Waals surface area contributed by atoms with Gasteiger partial charge < -0.3 is 5.73 Å². The molecule has 0 heterocycles. The third-order valence-corrected chi connectivity index (χ3v) is 5.92. The second kappa shape index (κ2) is 6.20. The fraction of sp³-hybridized carbons (Fsp3) is 0.571. The topological polar surface area (TPSA) is 63.4 Å². The Balaban J connectivity index is 2.29. The summed E-state index contributed by atoms with van der Waals surface area (Å²) in [7, 11) is -2.23. The Morgan fingerprint density at radius 3 is 2.50 bits per heavy atom. The van der Waals surface area contributed by atoms with E-state index in [1.165, 1.54) is 16.4 Å². The van der Waals surface area contributed by atoms with Gasteiger partial charge in [0.25, 0.3) is 0 Å². The number of rotatable bonds is 4. The van der Waals surface area contributed by atoms with Gasteiger partial charge in [-0.1, -0.05) is 25.3 Å². The average Bonchev–Trinajstić information content (AvgIpc) is 2.46. The third-order valence-electron chi connectivity index (χ3n) is 3.98. The number of nitrogens with two attached hydrogens (primary N) is 1. The second-order valence-corrected chi connectivity index (χ2v) is 7.25. The zero-order valence-electron chi connectivity index (χ0n) is 11.7. The van der Waals surface area contributed by atoms with Gasteiger partial charge >= 0.3 is 0 Å². The maximum Gasteiger partial charge on any atom is 0.245 e. The summed E-state index contributed by atoms with van der Waals surface area (Å²) in [6.07, 6.45) is 4.89. The van der Waals surface area contributed by atoms with Crippen molar-refractivity contribution in [3.63, 3.8) is 0 Å². The lowest BCUT2D eigenvalue weighted by Gasteiger charge is -2.30. The molecule has 1 saturated carbocycles. The Bertz CT molecular complexity index is 569. The first kappa shape index (κ1) is 15.4. The van der Waals surface area contributed by atoms with Gasteiger partial charge in [0.1, 0.15) is 10.7 Å². The Labute approximate surface area is 119 Å². The van der Waals surface area contributed by atoms with Gasteiger partial charge in [0.05, 0.1) is 0 Å². The summed E-state index contributed by atoms with van der Waals surface area (Å²) in [6.45, 7) is 0.190. The van der Waals surface area contributed by atoms with E-state index < -0.39 is 15.8 Å². The summed E-state index contributed by atoms with van der Waals surface area (Å²) in [5.74, 6) is -0.726. The van der Waals surface area contributed by atoms with Crippen molar-refractivity contribution in [2.75, 3.05) is 7.05 Å². The zero-order valence-corrected chi connectivity index (χ0v) is 12.5. The van der Waals surface area contributed by atoms with E-state index in [0.717, 1.165) is 32.1 Å². The highest BCUT2D eigenvalue weighted by Crippen LogP contribution is 2.27. The highest BCUT2D eigenvalue weighted by molar-refractivity contribution is 7.89. The van der Waals surface area contributed by atoms with Gasteiger partial charge in [0.15, 0.2) is 0 Å². The van der Waals surface area contributed by atoms with Crippen LogP contribution in [0.25, 0.3) is 0 Å². The smallest absolute Gasteiger partial charge is 0.245 e. The molecule has 0 saturated heterocycles. The predicted molar refractivity (Wildman–Crippen MR) is 76.1 cm³/mol. The molecule has 0 aliphatic heterocycles. The summed E-state index contributed by atoms with van der Waals surface area (Å²) in [5.41, 5.74) is 6.01. The molecule has 0 atom stereocenters. The fourth-order valence-corrected chi connectivity index (χ4v) is 4.14. The SMILES string of the molecule is CN(C1CCCCC1)S(=O)(=O)c1ccc(CN)cc1F. The molecule has 0 bridgehead atoms. The van der Waals surface area contributed by atoms with Crippen LogP contribution in [0, 0.1) is 5.82 Å². The Morgan fingerprint density at radius 2 is 1.95 bits per heavy atom. The van der Waals surface area contributed by atoms with Crippen molar-refractivity contribution in [3.05, 3.63) is 29.6 Å². The van der Waals surface area contributed by atoms with Crippen molar-refractivity contribution in [2.45, 2.75) is 49.6 Å². The Morgan fingerprint density at radius 1 is 1.30 bits per heavy atom. The summed E-state index contributed by atoms with van der Waals surface area (Å²) in [6, 6.07) is 4.04. The monoisotopic (exact) mass is 300 g/mol. The molecule has 2 N–H and O–H groups in total.